The van der Waals surface area contributed by atoms with Crippen LogP contribution in [-0.4, -0.2) is 18.4 Å². The largest absolute Gasteiger partial charge is 0.490 e. The minimum Gasteiger partial charge on any atom is -0.490 e. The summed E-state index contributed by atoms with van der Waals surface area (Å²) in [6.45, 7) is 3.14. The van der Waals surface area contributed by atoms with Gasteiger partial charge in [-0.1, -0.05) is 90.5 Å². The summed E-state index contributed by atoms with van der Waals surface area (Å²) in [5.74, 6) is 0.109. The zero-order chi connectivity index (χ0) is 29.0. The van der Waals surface area contributed by atoms with E-state index in [4.69, 9.17) is 21.1 Å². The predicted octanol–water partition coefficient (Wildman–Crippen LogP) is 6.94. The molecule has 0 aromatic heterocycles. The minimum absolute atomic E-state index is 0.0140. The number of hydrogen-bond acceptors (Lipinski definition) is 4. The van der Waals surface area contributed by atoms with Gasteiger partial charge in [-0.05, 0) is 70.5 Å². The fourth-order valence-corrected chi connectivity index (χ4v) is 4.96. The number of halogens is 2. The lowest BCUT2D eigenvalue weighted by Crippen LogP contribution is -2.34. The molecule has 6 nitrogen and oxygen atoms in total. The van der Waals surface area contributed by atoms with E-state index in [1.807, 2.05) is 97.9 Å². The molecule has 0 aliphatic carbocycles. The van der Waals surface area contributed by atoms with Crippen molar-refractivity contribution in [2.75, 3.05) is 6.61 Å². The van der Waals surface area contributed by atoms with E-state index < -0.39 is 11.8 Å². The second-order valence-electron chi connectivity index (χ2n) is 9.04. The molecule has 0 aliphatic rings. The van der Waals surface area contributed by atoms with Crippen molar-refractivity contribution in [2.45, 2.75) is 26.6 Å². The molecule has 4 aromatic rings. The van der Waals surface area contributed by atoms with Crippen LogP contribution in [0.1, 0.15) is 29.2 Å². The van der Waals surface area contributed by atoms with Crippen LogP contribution < -0.4 is 20.1 Å². The first-order valence-electron chi connectivity index (χ1n) is 13.1. The molecule has 41 heavy (non-hydrogen) atoms. The first-order valence-corrected chi connectivity index (χ1v) is 14.6. The normalized spacial score (nSPS) is 10.4. The monoisotopic (exact) mass is 680 g/mol. The van der Waals surface area contributed by atoms with Crippen molar-refractivity contribution in [3.05, 3.63) is 133 Å². The number of carbonyl (C=O) groups excluding carboxylic acids is 2. The molecule has 0 bridgehead atoms. The third kappa shape index (κ3) is 8.83. The van der Waals surface area contributed by atoms with Gasteiger partial charge in [0.25, 0.3) is 11.8 Å². The van der Waals surface area contributed by atoms with Gasteiger partial charge in [-0.2, -0.15) is 0 Å². The maximum absolute atomic E-state index is 13.3. The number of carbonyl (C=O) groups is 2. The Morgan fingerprint density at radius 1 is 0.805 bits per heavy atom. The van der Waals surface area contributed by atoms with Gasteiger partial charge in [0.05, 0.1) is 10.2 Å². The van der Waals surface area contributed by atoms with Crippen molar-refractivity contribution in [2.24, 2.45) is 0 Å². The molecule has 0 fully saturated rings. The molecule has 0 saturated carbocycles. The van der Waals surface area contributed by atoms with Gasteiger partial charge in [0.15, 0.2) is 11.5 Å². The maximum atomic E-state index is 13.3. The average molecular weight is 681 g/mol. The van der Waals surface area contributed by atoms with Gasteiger partial charge in [0, 0.05) is 23.7 Å². The van der Waals surface area contributed by atoms with Crippen molar-refractivity contribution in [3.8, 4) is 11.5 Å². The van der Waals surface area contributed by atoms with Crippen LogP contribution >= 0.6 is 34.2 Å². The van der Waals surface area contributed by atoms with Crippen LogP contribution in [0.5, 0.6) is 11.5 Å². The standard InChI is InChI=1S/C33H30ClIN2O4/c1-2-40-30-19-25(18-29(35)31(30)41-22-26-15-9-10-16-28(26)34)17-27(32(38)36-20-23-11-5-3-6-12-23)33(39)37-21-24-13-7-4-8-14-24/h3-19H,2,20-22H2,1H3,(H,36,38)(H,37,39). The van der Waals surface area contributed by atoms with Crippen molar-refractivity contribution in [1.82, 2.24) is 10.6 Å². The Hall–Kier alpha value is -3.82. The highest BCUT2D eigenvalue weighted by Crippen LogP contribution is 2.36. The van der Waals surface area contributed by atoms with E-state index in [1.54, 1.807) is 12.1 Å². The van der Waals surface area contributed by atoms with Gasteiger partial charge < -0.3 is 20.1 Å². The Morgan fingerprint density at radius 2 is 1.37 bits per heavy atom. The summed E-state index contributed by atoms with van der Waals surface area (Å²) in [6.07, 6.45) is 1.57. The van der Waals surface area contributed by atoms with Crippen molar-refractivity contribution >= 4 is 52.1 Å². The number of ether oxygens (including phenoxy) is 2. The number of hydrogen-bond donors (Lipinski definition) is 2. The summed E-state index contributed by atoms with van der Waals surface area (Å²) < 4.78 is 12.8. The van der Waals surface area contributed by atoms with Gasteiger partial charge in [-0.25, -0.2) is 0 Å². The molecule has 210 valence electrons. The van der Waals surface area contributed by atoms with E-state index in [1.165, 1.54) is 0 Å². The molecule has 2 N–H and O–H groups in total. The second kappa shape index (κ2) is 15.3. The smallest absolute Gasteiger partial charge is 0.257 e. The molecule has 8 heteroatoms. The lowest BCUT2D eigenvalue weighted by Gasteiger charge is -2.16. The number of amides is 2. The molecular weight excluding hydrogens is 651 g/mol. The van der Waals surface area contributed by atoms with Crippen LogP contribution in [0.3, 0.4) is 0 Å². The second-order valence-corrected chi connectivity index (χ2v) is 10.6. The van der Waals surface area contributed by atoms with Crippen LogP contribution in [0.25, 0.3) is 6.08 Å². The predicted molar refractivity (Wildman–Crippen MR) is 171 cm³/mol. The van der Waals surface area contributed by atoms with E-state index >= 15 is 0 Å². The topological polar surface area (TPSA) is 76.7 Å². The van der Waals surface area contributed by atoms with Crippen molar-refractivity contribution < 1.29 is 19.1 Å². The summed E-state index contributed by atoms with van der Waals surface area (Å²) in [7, 11) is 0. The van der Waals surface area contributed by atoms with Crippen LogP contribution in [0, 0.1) is 3.57 Å². The van der Waals surface area contributed by atoms with E-state index in [2.05, 4.69) is 33.2 Å². The van der Waals surface area contributed by atoms with Gasteiger partial charge >= 0.3 is 0 Å². The zero-order valence-corrected chi connectivity index (χ0v) is 25.4. The quantitative estimate of drug-likeness (QED) is 0.0736. The number of nitrogens with one attached hydrogen (secondary N) is 2. The molecule has 4 aromatic carbocycles. The van der Waals surface area contributed by atoms with Gasteiger partial charge in [0.1, 0.15) is 12.2 Å². The molecule has 0 radical (unpaired) electrons. The van der Waals surface area contributed by atoms with E-state index in [0.717, 1.165) is 20.3 Å². The minimum atomic E-state index is -0.480. The Morgan fingerprint density at radius 3 is 1.93 bits per heavy atom. The highest BCUT2D eigenvalue weighted by molar-refractivity contribution is 14.1. The average Bonchev–Trinajstić information content (AvgIpc) is 2.99. The first kappa shape index (κ1) is 30.1. The van der Waals surface area contributed by atoms with Gasteiger partial charge in [-0.15, -0.1) is 0 Å². The lowest BCUT2D eigenvalue weighted by atomic mass is 10.1. The SMILES string of the molecule is CCOc1cc(C=C(C(=O)NCc2ccccc2)C(=O)NCc2ccccc2)cc(I)c1OCc1ccccc1Cl. The molecule has 0 spiro atoms. The molecule has 0 heterocycles. The third-order valence-corrected chi connectivity index (χ3v) is 7.22. The maximum Gasteiger partial charge on any atom is 0.257 e. The van der Waals surface area contributed by atoms with Crippen LogP contribution in [0.15, 0.2) is 103 Å². The summed E-state index contributed by atoms with van der Waals surface area (Å²) >= 11 is 8.47. The number of rotatable bonds is 12. The summed E-state index contributed by atoms with van der Waals surface area (Å²) in [5.41, 5.74) is 3.32. The molecule has 0 atom stereocenters. The summed E-state index contributed by atoms with van der Waals surface area (Å²) in [4.78, 5) is 26.6. The van der Waals surface area contributed by atoms with Crippen LogP contribution in [0.2, 0.25) is 5.02 Å². The highest BCUT2D eigenvalue weighted by atomic mass is 127. The van der Waals surface area contributed by atoms with Crippen LogP contribution in [-0.2, 0) is 29.3 Å². The summed E-state index contributed by atoms with van der Waals surface area (Å²) in [5, 5.41) is 6.36. The molecule has 2 amide bonds. The fourth-order valence-electron chi connectivity index (χ4n) is 3.99. The van der Waals surface area contributed by atoms with Crippen LogP contribution in [0.4, 0.5) is 0 Å². The number of benzene rings is 4. The van der Waals surface area contributed by atoms with Crippen molar-refractivity contribution in [1.29, 1.82) is 0 Å². The molecule has 0 saturated heterocycles. The Balaban J connectivity index is 1.61. The Bertz CT molecular complexity index is 1450. The molecular formula is C33H30ClIN2O4. The highest BCUT2D eigenvalue weighted by Gasteiger charge is 2.20. The van der Waals surface area contributed by atoms with E-state index in [-0.39, 0.29) is 12.2 Å². The van der Waals surface area contributed by atoms with Crippen molar-refractivity contribution in [3.63, 3.8) is 0 Å². The first-order chi connectivity index (χ1) is 19.9. The Kier molecular flexibility index (Phi) is 11.2. The fraction of sp³-hybridized carbons (Fsp3) is 0.152. The van der Waals surface area contributed by atoms with Gasteiger partial charge in [0.2, 0.25) is 0 Å². The molecule has 0 unspecified atom stereocenters. The zero-order valence-electron chi connectivity index (χ0n) is 22.5. The Labute approximate surface area is 258 Å². The molecule has 4 rings (SSSR count). The van der Waals surface area contributed by atoms with Gasteiger partial charge in [-0.3, -0.25) is 9.59 Å². The molecule has 0 aliphatic heterocycles. The summed E-state index contributed by atoms with van der Waals surface area (Å²) in [6, 6.07) is 30.2. The lowest BCUT2D eigenvalue weighted by molar-refractivity contribution is -0.123. The third-order valence-electron chi connectivity index (χ3n) is 6.05. The van der Waals surface area contributed by atoms with E-state index in [9.17, 15) is 9.59 Å². The van der Waals surface area contributed by atoms with E-state index in [0.29, 0.717) is 41.8 Å².